The summed E-state index contributed by atoms with van der Waals surface area (Å²) in [6.45, 7) is 0.724. The van der Waals surface area contributed by atoms with Crippen molar-refractivity contribution < 1.29 is 4.74 Å². The number of rotatable bonds is 1. The zero-order valence-electron chi connectivity index (χ0n) is 13.1. The molecule has 23 heavy (non-hydrogen) atoms. The molecular formula is C17H17Cl2N3O. The zero-order chi connectivity index (χ0) is 16.2. The molecule has 1 aromatic carbocycles. The molecule has 1 unspecified atom stereocenters. The van der Waals surface area contributed by atoms with Crippen LogP contribution in [-0.2, 0) is 24.9 Å². The van der Waals surface area contributed by atoms with Gasteiger partial charge in [-0.15, -0.1) is 0 Å². The standard InChI is InChI=1S/C17H17Cl2N3O/c1-22-9-11-13(20-16(19)21-15(11)18)8-17(22)7-6-10-12(17)4-3-5-14(10)23-2/h3-5H,6-9H2,1-2H3. The van der Waals surface area contributed by atoms with Gasteiger partial charge < -0.3 is 4.74 Å². The van der Waals surface area contributed by atoms with E-state index in [4.69, 9.17) is 27.9 Å². The van der Waals surface area contributed by atoms with Gasteiger partial charge in [-0.2, -0.15) is 0 Å². The Morgan fingerprint density at radius 3 is 2.83 bits per heavy atom. The van der Waals surface area contributed by atoms with E-state index >= 15 is 0 Å². The average molecular weight is 350 g/mol. The first-order valence-electron chi connectivity index (χ1n) is 7.63. The summed E-state index contributed by atoms with van der Waals surface area (Å²) in [5, 5.41) is 0.683. The van der Waals surface area contributed by atoms with Crippen molar-refractivity contribution in [1.29, 1.82) is 0 Å². The molecule has 1 aliphatic carbocycles. The maximum absolute atomic E-state index is 6.27. The molecule has 1 aromatic heterocycles. The number of likely N-dealkylation sites (N-methyl/N-ethyl adjacent to an activating group) is 1. The molecule has 2 aromatic rings. The Balaban J connectivity index is 1.86. The van der Waals surface area contributed by atoms with E-state index in [1.807, 2.05) is 6.07 Å². The highest BCUT2D eigenvalue weighted by atomic mass is 35.5. The van der Waals surface area contributed by atoms with Gasteiger partial charge in [-0.05, 0) is 48.7 Å². The molecule has 0 saturated carbocycles. The van der Waals surface area contributed by atoms with Crippen molar-refractivity contribution in [2.45, 2.75) is 31.3 Å². The van der Waals surface area contributed by atoms with Gasteiger partial charge in [-0.25, -0.2) is 9.97 Å². The summed E-state index contributed by atoms with van der Waals surface area (Å²) < 4.78 is 5.55. The Hall–Kier alpha value is -1.36. The van der Waals surface area contributed by atoms with Crippen LogP contribution in [0.1, 0.15) is 28.8 Å². The topological polar surface area (TPSA) is 38.3 Å². The fraction of sp³-hybridized carbons (Fsp3) is 0.412. The lowest BCUT2D eigenvalue weighted by molar-refractivity contribution is 0.0930. The van der Waals surface area contributed by atoms with Crippen LogP contribution in [-0.4, -0.2) is 29.0 Å². The molecule has 2 heterocycles. The Morgan fingerprint density at radius 2 is 2.04 bits per heavy atom. The Labute approximate surface area is 145 Å². The largest absolute Gasteiger partial charge is 0.496 e. The van der Waals surface area contributed by atoms with Crippen LogP contribution in [0.15, 0.2) is 18.2 Å². The quantitative estimate of drug-likeness (QED) is 0.582. The van der Waals surface area contributed by atoms with E-state index in [-0.39, 0.29) is 10.8 Å². The third-order valence-electron chi connectivity index (χ3n) is 5.24. The van der Waals surface area contributed by atoms with Crippen molar-refractivity contribution >= 4 is 23.2 Å². The molecule has 120 valence electrons. The van der Waals surface area contributed by atoms with Gasteiger partial charge in [0, 0.05) is 18.5 Å². The maximum Gasteiger partial charge on any atom is 0.224 e. The first-order valence-corrected chi connectivity index (χ1v) is 8.39. The lowest BCUT2D eigenvalue weighted by atomic mass is 9.81. The van der Waals surface area contributed by atoms with E-state index in [9.17, 15) is 0 Å². The van der Waals surface area contributed by atoms with Crippen molar-refractivity contribution in [2.75, 3.05) is 14.2 Å². The molecule has 0 bridgehead atoms. The minimum Gasteiger partial charge on any atom is -0.496 e. The normalized spacial score (nSPS) is 23.0. The minimum atomic E-state index is -0.0715. The number of halogens is 2. The van der Waals surface area contributed by atoms with E-state index in [0.29, 0.717) is 5.15 Å². The van der Waals surface area contributed by atoms with E-state index in [1.54, 1.807) is 7.11 Å². The molecule has 4 nitrogen and oxygen atoms in total. The monoisotopic (exact) mass is 349 g/mol. The van der Waals surface area contributed by atoms with Crippen LogP contribution in [0.4, 0.5) is 0 Å². The molecule has 0 radical (unpaired) electrons. The summed E-state index contributed by atoms with van der Waals surface area (Å²) >= 11 is 12.3. The third-order valence-corrected chi connectivity index (χ3v) is 5.73. The summed E-state index contributed by atoms with van der Waals surface area (Å²) in [5.74, 6) is 0.970. The van der Waals surface area contributed by atoms with Crippen LogP contribution >= 0.6 is 23.2 Å². The van der Waals surface area contributed by atoms with E-state index in [1.165, 1.54) is 11.1 Å². The fourth-order valence-corrected chi connectivity index (χ4v) is 4.55. The van der Waals surface area contributed by atoms with Crippen LogP contribution in [0, 0.1) is 0 Å². The molecule has 4 rings (SSSR count). The lowest BCUT2D eigenvalue weighted by Crippen LogP contribution is -2.47. The molecule has 1 aliphatic heterocycles. The van der Waals surface area contributed by atoms with Gasteiger partial charge in [-0.3, -0.25) is 4.90 Å². The van der Waals surface area contributed by atoms with E-state index < -0.39 is 0 Å². The zero-order valence-corrected chi connectivity index (χ0v) is 14.6. The molecule has 1 spiro atoms. The number of nitrogens with zero attached hydrogens (tertiary/aromatic N) is 3. The molecule has 2 aliphatic rings. The first-order chi connectivity index (χ1) is 11.0. The summed E-state index contributed by atoms with van der Waals surface area (Å²) in [4.78, 5) is 10.9. The second-order valence-electron chi connectivity index (χ2n) is 6.26. The Bertz CT molecular complexity index is 796. The Kier molecular flexibility index (Phi) is 3.52. The highest BCUT2D eigenvalue weighted by molar-refractivity contribution is 6.32. The van der Waals surface area contributed by atoms with E-state index in [0.717, 1.165) is 42.8 Å². The summed E-state index contributed by atoms with van der Waals surface area (Å²) in [5.41, 5.74) is 4.51. The molecule has 0 amide bonds. The second-order valence-corrected chi connectivity index (χ2v) is 6.96. The van der Waals surface area contributed by atoms with Crippen LogP contribution in [0.5, 0.6) is 5.75 Å². The predicted octanol–water partition coefficient (Wildman–Crippen LogP) is 3.62. The smallest absolute Gasteiger partial charge is 0.224 e. The van der Waals surface area contributed by atoms with Crippen LogP contribution in [0.3, 0.4) is 0 Å². The van der Waals surface area contributed by atoms with Crippen LogP contribution in [0.2, 0.25) is 10.4 Å². The summed E-state index contributed by atoms with van der Waals surface area (Å²) in [6, 6.07) is 6.30. The first kappa shape index (κ1) is 15.2. The average Bonchev–Trinajstić information content (AvgIpc) is 2.89. The summed E-state index contributed by atoms with van der Waals surface area (Å²) in [6.07, 6.45) is 2.84. The SMILES string of the molecule is COc1cccc2c1CCC21Cc2nc(Cl)nc(Cl)c2CN1C. The van der Waals surface area contributed by atoms with Gasteiger partial charge in [0.1, 0.15) is 10.9 Å². The number of ether oxygens (including phenoxy) is 1. The molecule has 1 atom stereocenters. The predicted molar refractivity (Wildman–Crippen MR) is 90.2 cm³/mol. The lowest BCUT2D eigenvalue weighted by Gasteiger charge is -2.44. The summed E-state index contributed by atoms with van der Waals surface area (Å²) in [7, 11) is 3.87. The van der Waals surface area contributed by atoms with Crippen molar-refractivity contribution in [2.24, 2.45) is 0 Å². The molecule has 0 N–H and O–H groups in total. The van der Waals surface area contributed by atoms with Crippen LogP contribution in [0.25, 0.3) is 0 Å². The van der Waals surface area contributed by atoms with E-state index in [2.05, 4.69) is 34.0 Å². The van der Waals surface area contributed by atoms with Crippen molar-refractivity contribution in [3.63, 3.8) is 0 Å². The minimum absolute atomic E-state index is 0.0715. The highest BCUT2D eigenvalue weighted by Gasteiger charge is 2.46. The van der Waals surface area contributed by atoms with Gasteiger partial charge in [0.15, 0.2) is 0 Å². The van der Waals surface area contributed by atoms with Gasteiger partial charge >= 0.3 is 0 Å². The van der Waals surface area contributed by atoms with Gasteiger partial charge in [0.05, 0.1) is 18.3 Å². The molecule has 6 heteroatoms. The van der Waals surface area contributed by atoms with Gasteiger partial charge in [0.2, 0.25) is 5.28 Å². The number of benzene rings is 1. The number of fused-ring (bicyclic) bond motifs is 3. The van der Waals surface area contributed by atoms with Crippen molar-refractivity contribution in [3.05, 3.63) is 51.0 Å². The maximum atomic E-state index is 6.27. The van der Waals surface area contributed by atoms with Crippen molar-refractivity contribution in [3.8, 4) is 5.75 Å². The molecular weight excluding hydrogens is 333 g/mol. The van der Waals surface area contributed by atoms with Gasteiger partial charge in [-0.1, -0.05) is 23.7 Å². The fourth-order valence-electron chi connectivity index (χ4n) is 4.07. The number of hydrogen-bond donors (Lipinski definition) is 0. The van der Waals surface area contributed by atoms with Crippen LogP contribution < -0.4 is 4.74 Å². The van der Waals surface area contributed by atoms with Gasteiger partial charge in [0.25, 0.3) is 0 Å². The number of methoxy groups -OCH3 is 1. The molecule has 0 saturated heterocycles. The number of hydrogen-bond acceptors (Lipinski definition) is 4. The highest BCUT2D eigenvalue weighted by Crippen LogP contribution is 2.49. The Morgan fingerprint density at radius 1 is 1.22 bits per heavy atom. The van der Waals surface area contributed by atoms with Crippen molar-refractivity contribution in [1.82, 2.24) is 14.9 Å². The second kappa shape index (κ2) is 5.33. The number of aromatic nitrogens is 2. The molecule has 0 fully saturated rings. The third kappa shape index (κ3) is 2.16.